The first-order chi connectivity index (χ1) is 9.33. The third-order valence-electron chi connectivity index (χ3n) is 2.05. The maximum absolute atomic E-state index is 5.48. The summed E-state index contributed by atoms with van der Waals surface area (Å²) in [6, 6.07) is 20.0. The van der Waals surface area contributed by atoms with Crippen molar-refractivity contribution < 1.29 is 0 Å². The molecule has 0 amide bonds. The van der Waals surface area contributed by atoms with Crippen molar-refractivity contribution in [2.75, 3.05) is 5.73 Å². The van der Waals surface area contributed by atoms with Gasteiger partial charge in [0, 0.05) is 5.69 Å². The van der Waals surface area contributed by atoms with Crippen molar-refractivity contribution in [2.24, 2.45) is 0 Å². The largest absolute Gasteiger partial charge is 0.399 e. The summed E-state index contributed by atoms with van der Waals surface area (Å²) in [6.07, 6.45) is 1.08. The summed E-state index contributed by atoms with van der Waals surface area (Å²) in [5.41, 5.74) is 7.66. The van der Waals surface area contributed by atoms with Crippen LogP contribution in [0.5, 0.6) is 0 Å². The van der Waals surface area contributed by atoms with Gasteiger partial charge >= 0.3 is 0 Å². The molecule has 0 saturated carbocycles. The molecule has 0 unspecified atom stereocenters. The maximum Gasteiger partial charge on any atom is 0.0314 e. The summed E-state index contributed by atoms with van der Waals surface area (Å²) in [4.78, 5) is 0. The van der Waals surface area contributed by atoms with Gasteiger partial charge in [-0.2, -0.15) is 0 Å². The summed E-state index contributed by atoms with van der Waals surface area (Å²) >= 11 is 0. The molecule has 2 aromatic rings. The smallest absolute Gasteiger partial charge is 0.0314 e. The van der Waals surface area contributed by atoms with Crippen LogP contribution in [0.3, 0.4) is 0 Å². The molecule has 0 heterocycles. The Morgan fingerprint density at radius 3 is 1.26 bits per heavy atom. The molecule has 0 spiro atoms. The highest BCUT2D eigenvalue weighted by atomic mass is 14.5. The topological polar surface area (TPSA) is 26.0 Å². The molecule has 106 valence electrons. The highest BCUT2D eigenvalue weighted by Gasteiger charge is 1.85. The van der Waals surface area contributed by atoms with E-state index in [0.29, 0.717) is 0 Å². The highest BCUT2D eigenvalue weighted by molar-refractivity contribution is 5.39. The summed E-state index contributed by atoms with van der Waals surface area (Å²) in [5, 5.41) is 0. The van der Waals surface area contributed by atoms with Gasteiger partial charge in [0.25, 0.3) is 0 Å². The number of rotatable bonds is 1. The molecule has 1 heteroatoms. The molecule has 0 bridgehead atoms. The molecule has 2 N–H and O–H groups in total. The van der Waals surface area contributed by atoms with Crippen LogP contribution in [0.25, 0.3) is 0 Å². The van der Waals surface area contributed by atoms with E-state index in [9.17, 15) is 0 Å². The van der Waals surface area contributed by atoms with Crippen molar-refractivity contribution in [2.45, 2.75) is 41.0 Å². The second-order valence-corrected chi connectivity index (χ2v) is 3.25. The Labute approximate surface area is 119 Å². The van der Waals surface area contributed by atoms with Crippen LogP contribution in [0.4, 0.5) is 5.69 Å². The van der Waals surface area contributed by atoms with Gasteiger partial charge in [-0.05, 0) is 24.1 Å². The molecule has 2 rings (SSSR count). The summed E-state index contributed by atoms with van der Waals surface area (Å²) in [6.45, 7) is 10.1. The Morgan fingerprint density at radius 2 is 1.00 bits per heavy atom. The Morgan fingerprint density at radius 1 is 0.684 bits per heavy atom. The highest BCUT2D eigenvalue weighted by Crippen LogP contribution is 2.04. The molecule has 0 saturated heterocycles. The third-order valence-corrected chi connectivity index (χ3v) is 2.05. The summed E-state index contributed by atoms with van der Waals surface area (Å²) < 4.78 is 0. The van der Waals surface area contributed by atoms with Crippen LogP contribution in [0.15, 0.2) is 60.7 Å². The minimum Gasteiger partial charge on any atom is -0.399 e. The zero-order chi connectivity index (χ0) is 14.9. The van der Waals surface area contributed by atoms with Crippen molar-refractivity contribution in [1.29, 1.82) is 0 Å². The molecule has 0 aliphatic carbocycles. The lowest BCUT2D eigenvalue weighted by Gasteiger charge is -1.94. The predicted octanol–water partition coefficient (Wildman–Crippen LogP) is 5.57. The van der Waals surface area contributed by atoms with Crippen LogP contribution in [0, 0.1) is 0 Å². The van der Waals surface area contributed by atoms with E-state index in [1.807, 2.05) is 76.2 Å². The Hall–Kier alpha value is -1.76. The van der Waals surface area contributed by atoms with Crippen LogP contribution < -0.4 is 5.73 Å². The third kappa shape index (κ3) is 12.5. The number of hydrogen-bond acceptors (Lipinski definition) is 1. The minimum absolute atomic E-state index is 0.840. The van der Waals surface area contributed by atoms with Crippen molar-refractivity contribution in [3.05, 3.63) is 66.2 Å². The molecular formula is C18H29N. The molecule has 2 aromatic carbocycles. The zero-order valence-electron chi connectivity index (χ0n) is 13.1. The van der Waals surface area contributed by atoms with E-state index in [-0.39, 0.29) is 0 Å². The summed E-state index contributed by atoms with van der Waals surface area (Å²) in [5.74, 6) is 0. The fourth-order valence-corrected chi connectivity index (χ4v) is 1.14. The van der Waals surface area contributed by atoms with Crippen molar-refractivity contribution in [1.82, 2.24) is 0 Å². The number of nitrogens with two attached hydrogens (primary N) is 1. The van der Waals surface area contributed by atoms with Crippen LogP contribution in [0.2, 0.25) is 0 Å². The van der Waals surface area contributed by atoms with Crippen LogP contribution in [0.1, 0.15) is 40.2 Å². The van der Waals surface area contributed by atoms with Gasteiger partial charge in [-0.3, -0.25) is 0 Å². The van der Waals surface area contributed by atoms with Gasteiger partial charge in [0.1, 0.15) is 0 Å². The van der Waals surface area contributed by atoms with E-state index in [2.05, 4.69) is 19.1 Å². The molecule has 0 atom stereocenters. The number of benzene rings is 2. The fraction of sp³-hybridized carbons (Fsp3) is 0.333. The molecule has 0 aliphatic heterocycles. The molecular weight excluding hydrogens is 230 g/mol. The van der Waals surface area contributed by atoms with E-state index in [1.165, 1.54) is 5.56 Å². The van der Waals surface area contributed by atoms with E-state index in [4.69, 9.17) is 5.73 Å². The monoisotopic (exact) mass is 259 g/mol. The molecule has 0 fully saturated rings. The van der Waals surface area contributed by atoms with E-state index < -0.39 is 0 Å². The maximum atomic E-state index is 5.48. The number of aryl methyl sites for hydroxylation is 1. The Bertz CT molecular complexity index is 325. The van der Waals surface area contributed by atoms with Gasteiger partial charge in [0.15, 0.2) is 0 Å². The standard InChI is InChI=1S/C8H11N.C6H6.2C2H6/c1-2-7-3-5-8(9)6-4-7;1-2-4-6-5-3-1;2*1-2/h3-6H,2,9H2,1H3;1-6H;2*1-2H3. The average molecular weight is 259 g/mol. The van der Waals surface area contributed by atoms with Gasteiger partial charge in [0.2, 0.25) is 0 Å². The van der Waals surface area contributed by atoms with Gasteiger partial charge < -0.3 is 5.73 Å². The molecule has 1 nitrogen and oxygen atoms in total. The van der Waals surface area contributed by atoms with Gasteiger partial charge in [-0.25, -0.2) is 0 Å². The van der Waals surface area contributed by atoms with Gasteiger partial charge in [-0.1, -0.05) is 83.1 Å². The quantitative estimate of drug-likeness (QED) is 0.666. The first kappa shape index (κ1) is 19.6. The Balaban J connectivity index is 0. The van der Waals surface area contributed by atoms with Crippen molar-refractivity contribution >= 4 is 5.69 Å². The van der Waals surface area contributed by atoms with Crippen LogP contribution >= 0.6 is 0 Å². The molecule has 0 aliphatic rings. The number of nitrogen functional groups attached to an aromatic ring is 1. The minimum atomic E-state index is 0.840. The SMILES string of the molecule is CC.CC.CCc1ccc(N)cc1.c1ccccc1. The number of anilines is 1. The second-order valence-electron chi connectivity index (χ2n) is 3.25. The zero-order valence-corrected chi connectivity index (χ0v) is 13.1. The van der Waals surface area contributed by atoms with Crippen molar-refractivity contribution in [3.63, 3.8) is 0 Å². The van der Waals surface area contributed by atoms with Gasteiger partial charge in [-0.15, -0.1) is 0 Å². The van der Waals surface area contributed by atoms with E-state index in [0.717, 1.165) is 12.1 Å². The van der Waals surface area contributed by atoms with E-state index >= 15 is 0 Å². The molecule has 0 radical (unpaired) electrons. The van der Waals surface area contributed by atoms with Crippen molar-refractivity contribution in [3.8, 4) is 0 Å². The number of hydrogen-bond donors (Lipinski definition) is 1. The first-order valence-electron chi connectivity index (χ1n) is 7.17. The second kappa shape index (κ2) is 16.2. The average Bonchev–Trinajstić information content (AvgIpc) is 2.54. The molecule has 0 aromatic heterocycles. The lowest BCUT2D eigenvalue weighted by molar-refractivity contribution is 1.14. The molecule has 19 heavy (non-hydrogen) atoms. The fourth-order valence-electron chi connectivity index (χ4n) is 1.14. The summed E-state index contributed by atoms with van der Waals surface area (Å²) in [7, 11) is 0. The normalized spacial score (nSPS) is 7.63. The van der Waals surface area contributed by atoms with Gasteiger partial charge in [0.05, 0.1) is 0 Å². The lowest BCUT2D eigenvalue weighted by Crippen LogP contribution is -1.84. The lowest BCUT2D eigenvalue weighted by atomic mass is 10.2. The Kier molecular flexibility index (Phi) is 16.7. The first-order valence-corrected chi connectivity index (χ1v) is 7.17. The van der Waals surface area contributed by atoms with Crippen LogP contribution in [-0.4, -0.2) is 0 Å². The predicted molar refractivity (Wildman–Crippen MR) is 89.4 cm³/mol. The van der Waals surface area contributed by atoms with E-state index in [1.54, 1.807) is 0 Å². The van der Waals surface area contributed by atoms with Crippen LogP contribution in [-0.2, 0) is 6.42 Å².